The maximum Gasteiger partial charge on any atom is 0.253 e. The van der Waals surface area contributed by atoms with E-state index in [1.54, 1.807) is 50.5 Å². The van der Waals surface area contributed by atoms with Crippen LogP contribution in [0.4, 0.5) is 0 Å². The van der Waals surface area contributed by atoms with Gasteiger partial charge in [0.25, 0.3) is 5.91 Å². The molecule has 0 N–H and O–H groups in total. The molecule has 2 amide bonds. The number of hydrogen-bond donors (Lipinski definition) is 0. The number of carbonyl (C=O) groups is 2. The third kappa shape index (κ3) is 4.82. The van der Waals surface area contributed by atoms with E-state index in [0.29, 0.717) is 49.0 Å². The topological polar surface area (TPSA) is 71.6 Å². The summed E-state index contributed by atoms with van der Waals surface area (Å²) in [4.78, 5) is 33.0. The Balaban J connectivity index is 1.65. The fourth-order valence-corrected chi connectivity index (χ4v) is 4.84. The largest absolute Gasteiger partial charge is 0.497 e. The quantitative estimate of drug-likeness (QED) is 0.650. The second-order valence-corrected chi connectivity index (χ2v) is 8.89. The summed E-state index contributed by atoms with van der Waals surface area (Å²) in [6.45, 7) is 3.88. The summed E-state index contributed by atoms with van der Waals surface area (Å²) < 4.78 is 16.3. The zero-order valence-electron chi connectivity index (χ0n) is 20.3. The molecule has 4 rings (SSSR count). The van der Waals surface area contributed by atoms with Crippen LogP contribution in [0.25, 0.3) is 0 Å². The molecule has 0 radical (unpaired) electrons. The van der Waals surface area contributed by atoms with Crippen LogP contribution in [0.2, 0.25) is 0 Å². The number of nitrogens with zero attached hydrogens (tertiary/aromatic N) is 3. The van der Waals surface area contributed by atoms with Gasteiger partial charge in [-0.2, -0.15) is 0 Å². The van der Waals surface area contributed by atoms with Crippen LogP contribution in [0, 0.1) is 5.92 Å². The minimum Gasteiger partial charge on any atom is -0.497 e. The minimum absolute atomic E-state index is 0.0907. The molecule has 2 aromatic rings. The Kier molecular flexibility index (Phi) is 7.26. The Morgan fingerprint density at radius 1 is 0.794 bits per heavy atom. The standard InChI is InChI=1S/C26H33N3O5/c1-27-11-13-28(14-12-27)26(31)23-17-29(25(30)18-5-7-19(32-2)8-6-18)16-22(23)21-15-20(33-3)9-10-24(21)34-4/h5-10,15,22-23H,11-14,16-17H2,1-4H3/t22-,23-/m0/s1. The van der Waals surface area contributed by atoms with Crippen molar-refractivity contribution >= 4 is 11.8 Å². The molecule has 8 nitrogen and oxygen atoms in total. The summed E-state index contributed by atoms with van der Waals surface area (Å²) in [6.07, 6.45) is 0. The van der Waals surface area contributed by atoms with Gasteiger partial charge in [0.2, 0.25) is 5.91 Å². The molecule has 2 saturated heterocycles. The molecule has 2 heterocycles. The summed E-state index contributed by atoms with van der Waals surface area (Å²) >= 11 is 0. The number of methoxy groups -OCH3 is 3. The van der Waals surface area contributed by atoms with Crippen molar-refractivity contribution < 1.29 is 23.8 Å². The number of likely N-dealkylation sites (N-methyl/N-ethyl adjacent to an activating group) is 1. The minimum atomic E-state index is -0.355. The van der Waals surface area contributed by atoms with E-state index in [4.69, 9.17) is 14.2 Å². The Morgan fingerprint density at radius 2 is 1.44 bits per heavy atom. The number of amides is 2. The second-order valence-electron chi connectivity index (χ2n) is 8.89. The maximum atomic E-state index is 13.7. The predicted octanol–water partition coefficient (Wildman–Crippen LogP) is 2.34. The lowest BCUT2D eigenvalue weighted by Crippen LogP contribution is -2.50. The molecule has 182 valence electrons. The lowest BCUT2D eigenvalue weighted by molar-refractivity contribution is -0.137. The van der Waals surface area contributed by atoms with Crippen molar-refractivity contribution in [1.29, 1.82) is 0 Å². The molecule has 0 spiro atoms. The van der Waals surface area contributed by atoms with Crippen molar-refractivity contribution in [3.63, 3.8) is 0 Å². The molecule has 2 aliphatic heterocycles. The normalized spacial score (nSPS) is 20.8. The Labute approximate surface area is 201 Å². The average molecular weight is 468 g/mol. The highest BCUT2D eigenvalue weighted by atomic mass is 16.5. The van der Waals surface area contributed by atoms with Crippen molar-refractivity contribution in [2.75, 3.05) is 67.6 Å². The number of rotatable bonds is 6. The molecule has 2 aromatic carbocycles. The smallest absolute Gasteiger partial charge is 0.253 e. The van der Waals surface area contributed by atoms with Gasteiger partial charge >= 0.3 is 0 Å². The monoisotopic (exact) mass is 467 g/mol. The number of piperazine rings is 1. The maximum absolute atomic E-state index is 13.7. The first-order valence-electron chi connectivity index (χ1n) is 11.6. The molecule has 34 heavy (non-hydrogen) atoms. The molecule has 0 unspecified atom stereocenters. The van der Waals surface area contributed by atoms with E-state index in [-0.39, 0.29) is 23.7 Å². The van der Waals surface area contributed by atoms with E-state index < -0.39 is 0 Å². The van der Waals surface area contributed by atoms with E-state index >= 15 is 0 Å². The molecular formula is C26H33N3O5. The van der Waals surface area contributed by atoms with Gasteiger partial charge in [-0.25, -0.2) is 0 Å². The number of likely N-dealkylation sites (tertiary alicyclic amines) is 1. The van der Waals surface area contributed by atoms with Crippen molar-refractivity contribution in [3.05, 3.63) is 53.6 Å². The van der Waals surface area contributed by atoms with Gasteiger partial charge in [0.15, 0.2) is 0 Å². The van der Waals surface area contributed by atoms with Gasteiger partial charge in [-0.1, -0.05) is 0 Å². The fraction of sp³-hybridized carbons (Fsp3) is 0.462. The highest BCUT2D eigenvalue weighted by molar-refractivity contribution is 5.95. The molecule has 0 saturated carbocycles. The number of hydrogen-bond acceptors (Lipinski definition) is 6. The van der Waals surface area contributed by atoms with Gasteiger partial charge in [-0.05, 0) is 49.5 Å². The molecule has 0 bridgehead atoms. The molecule has 2 atom stereocenters. The van der Waals surface area contributed by atoms with Crippen molar-refractivity contribution in [1.82, 2.24) is 14.7 Å². The fourth-order valence-electron chi connectivity index (χ4n) is 4.84. The second kappa shape index (κ2) is 10.3. The van der Waals surface area contributed by atoms with Crippen LogP contribution < -0.4 is 14.2 Å². The highest BCUT2D eigenvalue weighted by Crippen LogP contribution is 2.40. The summed E-state index contributed by atoms with van der Waals surface area (Å²) in [6, 6.07) is 12.7. The number of carbonyl (C=O) groups excluding carboxylic acids is 2. The van der Waals surface area contributed by atoms with Crippen LogP contribution in [-0.4, -0.2) is 94.2 Å². The first kappa shape index (κ1) is 23.9. The van der Waals surface area contributed by atoms with Gasteiger partial charge in [0.1, 0.15) is 17.2 Å². The van der Waals surface area contributed by atoms with Crippen LogP contribution in [0.15, 0.2) is 42.5 Å². The predicted molar refractivity (Wildman–Crippen MR) is 129 cm³/mol. The van der Waals surface area contributed by atoms with E-state index in [1.807, 2.05) is 23.1 Å². The first-order chi connectivity index (χ1) is 16.4. The molecular weight excluding hydrogens is 434 g/mol. The van der Waals surface area contributed by atoms with Crippen molar-refractivity contribution in [2.24, 2.45) is 5.92 Å². The zero-order chi connectivity index (χ0) is 24.2. The van der Waals surface area contributed by atoms with E-state index in [2.05, 4.69) is 11.9 Å². The Bertz CT molecular complexity index is 1020. The van der Waals surface area contributed by atoms with Gasteiger partial charge in [0, 0.05) is 56.3 Å². The average Bonchev–Trinajstić information content (AvgIpc) is 3.33. The lowest BCUT2D eigenvalue weighted by Gasteiger charge is -2.35. The summed E-state index contributed by atoms with van der Waals surface area (Å²) in [7, 11) is 6.90. The van der Waals surface area contributed by atoms with E-state index in [1.165, 1.54) is 0 Å². The molecule has 0 aromatic heterocycles. The van der Waals surface area contributed by atoms with Crippen LogP contribution in [0.1, 0.15) is 21.8 Å². The summed E-state index contributed by atoms with van der Waals surface area (Å²) in [5.74, 6) is 1.53. The SMILES string of the molecule is COc1ccc(C(=O)N2C[C@H](C(=O)N3CCN(C)CC3)[C@H](c3cc(OC)ccc3OC)C2)cc1. The number of ether oxygens (including phenoxy) is 3. The number of benzene rings is 2. The van der Waals surface area contributed by atoms with Gasteiger partial charge < -0.3 is 28.9 Å². The Hall–Kier alpha value is -3.26. The third-order valence-electron chi connectivity index (χ3n) is 6.91. The van der Waals surface area contributed by atoms with Crippen LogP contribution in [0.5, 0.6) is 17.2 Å². The van der Waals surface area contributed by atoms with Gasteiger partial charge in [-0.15, -0.1) is 0 Å². The summed E-state index contributed by atoms with van der Waals surface area (Å²) in [5.41, 5.74) is 1.46. The van der Waals surface area contributed by atoms with Gasteiger partial charge in [0.05, 0.1) is 27.2 Å². The lowest BCUT2D eigenvalue weighted by atomic mass is 9.87. The van der Waals surface area contributed by atoms with Gasteiger partial charge in [-0.3, -0.25) is 9.59 Å². The van der Waals surface area contributed by atoms with E-state index in [9.17, 15) is 9.59 Å². The molecule has 2 fully saturated rings. The van der Waals surface area contributed by atoms with Crippen molar-refractivity contribution in [2.45, 2.75) is 5.92 Å². The summed E-state index contributed by atoms with van der Waals surface area (Å²) in [5, 5.41) is 0. The molecule has 8 heteroatoms. The van der Waals surface area contributed by atoms with Crippen LogP contribution in [0.3, 0.4) is 0 Å². The molecule has 0 aliphatic carbocycles. The Morgan fingerprint density at radius 3 is 2.06 bits per heavy atom. The van der Waals surface area contributed by atoms with Crippen molar-refractivity contribution in [3.8, 4) is 17.2 Å². The van der Waals surface area contributed by atoms with Crippen LogP contribution in [-0.2, 0) is 4.79 Å². The zero-order valence-corrected chi connectivity index (χ0v) is 20.3. The highest BCUT2D eigenvalue weighted by Gasteiger charge is 2.43. The third-order valence-corrected chi connectivity index (χ3v) is 6.91. The molecule has 2 aliphatic rings. The van der Waals surface area contributed by atoms with E-state index in [0.717, 1.165) is 18.7 Å². The van der Waals surface area contributed by atoms with Crippen LogP contribution >= 0.6 is 0 Å². The first-order valence-corrected chi connectivity index (χ1v) is 11.6.